The maximum Gasteiger partial charge on any atom is 0.189 e. The highest BCUT2D eigenvalue weighted by Crippen LogP contribution is 2.27. The molecule has 0 aliphatic carbocycles. The molecule has 4 nitrogen and oxygen atoms in total. The average Bonchev–Trinajstić information content (AvgIpc) is 2.82. The predicted octanol–water partition coefficient (Wildman–Crippen LogP) is 3.05. The van der Waals surface area contributed by atoms with Crippen molar-refractivity contribution >= 4 is 22.8 Å². The van der Waals surface area contributed by atoms with Gasteiger partial charge in [0.15, 0.2) is 10.8 Å². The minimum Gasteiger partial charge on any atom is -0.275 e. The Balaban J connectivity index is 2.22. The lowest BCUT2D eigenvalue weighted by molar-refractivity contribution is 0.984. The van der Waals surface area contributed by atoms with Crippen LogP contribution in [0.5, 0.6) is 0 Å². The van der Waals surface area contributed by atoms with Crippen molar-refractivity contribution in [2.75, 3.05) is 6.26 Å². The first kappa shape index (κ1) is 11.2. The van der Waals surface area contributed by atoms with Crippen LogP contribution in [0.15, 0.2) is 35.6 Å². The lowest BCUT2D eigenvalue weighted by Gasteiger charge is -2.02. The molecule has 1 N–H and O–H groups in total. The van der Waals surface area contributed by atoms with Gasteiger partial charge in [-0.25, -0.2) is 9.97 Å². The van der Waals surface area contributed by atoms with Gasteiger partial charge in [0.05, 0.1) is 11.1 Å². The Bertz CT molecular complexity index is 705. The van der Waals surface area contributed by atoms with Gasteiger partial charge in [-0.15, -0.1) is 0 Å². The first-order chi connectivity index (χ1) is 8.79. The molecule has 0 unspecified atom stereocenters. The van der Waals surface area contributed by atoms with Gasteiger partial charge in [0.25, 0.3) is 0 Å². The van der Waals surface area contributed by atoms with Crippen LogP contribution in [0.1, 0.15) is 5.56 Å². The minimum absolute atomic E-state index is 0.715. The molecule has 2 heterocycles. The zero-order valence-corrected chi connectivity index (χ0v) is 11.0. The lowest BCUT2D eigenvalue weighted by atomic mass is 10.0. The summed E-state index contributed by atoms with van der Waals surface area (Å²) in [6.45, 7) is 2.08. The summed E-state index contributed by atoms with van der Waals surface area (Å²) in [7, 11) is 0. The van der Waals surface area contributed by atoms with Gasteiger partial charge in [0.2, 0.25) is 0 Å². The number of thioether (sulfide) groups is 1. The number of aryl methyl sites for hydroxylation is 1. The summed E-state index contributed by atoms with van der Waals surface area (Å²) in [5.74, 6) is 0. The Morgan fingerprint density at radius 2 is 2.06 bits per heavy atom. The molecule has 90 valence electrons. The van der Waals surface area contributed by atoms with E-state index in [0.717, 1.165) is 21.8 Å². The Kier molecular flexibility index (Phi) is 2.76. The van der Waals surface area contributed by atoms with Crippen LogP contribution < -0.4 is 0 Å². The number of nitrogens with zero attached hydrogens (tertiary/aromatic N) is 3. The third-order valence-electron chi connectivity index (χ3n) is 2.89. The minimum atomic E-state index is 0.715. The van der Waals surface area contributed by atoms with Gasteiger partial charge in [0.1, 0.15) is 0 Å². The highest BCUT2D eigenvalue weighted by Gasteiger charge is 2.11. The van der Waals surface area contributed by atoms with E-state index >= 15 is 0 Å². The van der Waals surface area contributed by atoms with E-state index < -0.39 is 0 Å². The Labute approximate surface area is 109 Å². The molecule has 0 aliphatic heterocycles. The van der Waals surface area contributed by atoms with E-state index in [2.05, 4.69) is 39.2 Å². The number of hydrogen-bond donors (Lipinski definition) is 1. The molecule has 0 saturated carbocycles. The first-order valence-corrected chi connectivity index (χ1v) is 6.83. The summed E-state index contributed by atoms with van der Waals surface area (Å²) >= 11 is 1.52. The Morgan fingerprint density at radius 1 is 1.22 bits per heavy atom. The maximum atomic E-state index is 4.38. The molecule has 3 rings (SSSR count). The molecule has 0 spiro atoms. The SMILES string of the molecule is CSc1ncc2c(-c3ccccc3C)[nH]nc2n1. The van der Waals surface area contributed by atoms with Crippen LogP contribution in [0.25, 0.3) is 22.3 Å². The number of H-pyrrole nitrogens is 1. The fourth-order valence-electron chi connectivity index (χ4n) is 1.94. The second-order valence-corrected chi connectivity index (χ2v) is 4.78. The van der Waals surface area contributed by atoms with Crippen LogP contribution in [0.3, 0.4) is 0 Å². The molecule has 0 radical (unpaired) electrons. The quantitative estimate of drug-likeness (QED) is 0.565. The monoisotopic (exact) mass is 256 g/mol. The predicted molar refractivity (Wildman–Crippen MR) is 73.6 cm³/mol. The number of hydrogen-bond acceptors (Lipinski definition) is 4. The molecule has 1 aromatic carbocycles. The molecule has 0 bridgehead atoms. The summed E-state index contributed by atoms with van der Waals surface area (Å²) in [6.07, 6.45) is 3.79. The van der Waals surface area contributed by atoms with Crippen molar-refractivity contribution in [3.63, 3.8) is 0 Å². The van der Waals surface area contributed by atoms with Gasteiger partial charge < -0.3 is 0 Å². The summed E-state index contributed by atoms with van der Waals surface area (Å²) in [5, 5.41) is 9.02. The van der Waals surface area contributed by atoms with E-state index in [1.165, 1.54) is 17.3 Å². The van der Waals surface area contributed by atoms with E-state index in [-0.39, 0.29) is 0 Å². The van der Waals surface area contributed by atoms with Gasteiger partial charge in [-0.3, -0.25) is 5.10 Å². The van der Waals surface area contributed by atoms with Crippen molar-refractivity contribution in [1.82, 2.24) is 20.2 Å². The fraction of sp³-hybridized carbons (Fsp3) is 0.154. The number of aromatic amines is 1. The van der Waals surface area contributed by atoms with Crippen LogP contribution in [-0.4, -0.2) is 26.4 Å². The van der Waals surface area contributed by atoms with E-state index in [4.69, 9.17) is 0 Å². The van der Waals surface area contributed by atoms with Crippen LogP contribution in [0.2, 0.25) is 0 Å². The molecular formula is C13H12N4S. The molecule has 0 saturated heterocycles. The summed E-state index contributed by atoms with van der Waals surface area (Å²) < 4.78 is 0. The van der Waals surface area contributed by atoms with Gasteiger partial charge in [-0.2, -0.15) is 5.10 Å². The number of benzene rings is 1. The zero-order chi connectivity index (χ0) is 12.5. The van der Waals surface area contributed by atoms with Crippen molar-refractivity contribution in [3.8, 4) is 11.3 Å². The molecule has 0 amide bonds. The van der Waals surface area contributed by atoms with Crippen molar-refractivity contribution in [2.45, 2.75) is 12.1 Å². The second kappa shape index (κ2) is 4.42. The van der Waals surface area contributed by atoms with E-state index in [0.29, 0.717) is 5.65 Å². The second-order valence-electron chi connectivity index (χ2n) is 4.01. The van der Waals surface area contributed by atoms with Gasteiger partial charge in [0, 0.05) is 11.8 Å². The number of nitrogens with one attached hydrogen (secondary N) is 1. The number of rotatable bonds is 2. The topological polar surface area (TPSA) is 54.5 Å². The van der Waals surface area contributed by atoms with Crippen LogP contribution >= 0.6 is 11.8 Å². The molecule has 0 fully saturated rings. The molecule has 0 aliphatic rings. The highest BCUT2D eigenvalue weighted by atomic mass is 32.2. The lowest BCUT2D eigenvalue weighted by Crippen LogP contribution is -1.86. The third kappa shape index (κ3) is 1.76. The molecule has 2 aromatic heterocycles. The van der Waals surface area contributed by atoms with Crippen molar-refractivity contribution < 1.29 is 0 Å². The summed E-state index contributed by atoms with van der Waals surface area (Å²) in [4.78, 5) is 8.68. The highest BCUT2D eigenvalue weighted by molar-refractivity contribution is 7.98. The molecule has 5 heteroatoms. The van der Waals surface area contributed by atoms with E-state index in [9.17, 15) is 0 Å². The fourth-order valence-corrected chi connectivity index (χ4v) is 2.28. The van der Waals surface area contributed by atoms with E-state index in [1.54, 1.807) is 0 Å². The number of aromatic nitrogens is 4. The van der Waals surface area contributed by atoms with Crippen LogP contribution in [0.4, 0.5) is 0 Å². The third-order valence-corrected chi connectivity index (χ3v) is 3.45. The van der Waals surface area contributed by atoms with Crippen molar-refractivity contribution in [2.24, 2.45) is 0 Å². The van der Waals surface area contributed by atoms with Crippen molar-refractivity contribution in [1.29, 1.82) is 0 Å². The summed E-state index contributed by atoms with van der Waals surface area (Å²) in [6, 6.07) is 8.20. The average molecular weight is 256 g/mol. The Morgan fingerprint density at radius 3 is 2.83 bits per heavy atom. The van der Waals surface area contributed by atoms with Crippen molar-refractivity contribution in [3.05, 3.63) is 36.0 Å². The van der Waals surface area contributed by atoms with Crippen LogP contribution in [-0.2, 0) is 0 Å². The molecule has 0 atom stereocenters. The molecule has 3 aromatic rings. The molecule has 18 heavy (non-hydrogen) atoms. The van der Waals surface area contributed by atoms with E-state index in [1.807, 2.05) is 24.6 Å². The standard InChI is InChI=1S/C13H12N4S/c1-8-5-3-4-6-9(8)11-10-7-14-13(18-2)15-12(10)17-16-11/h3-7H,1-2H3,(H,14,15,16,17). The smallest absolute Gasteiger partial charge is 0.189 e. The summed E-state index contributed by atoms with van der Waals surface area (Å²) in [5.41, 5.74) is 4.04. The largest absolute Gasteiger partial charge is 0.275 e. The molecular weight excluding hydrogens is 244 g/mol. The van der Waals surface area contributed by atoms with Crippen LogP contribution in [0, 0.1) is 6.92 Å². The zero-order valence-electron chi connectivity index (χ0n) is 10.1. The maximum absolute atomic E-state index is 4.38. The Hall–Kier alpha value is -1.88. The first-order valence-electron chi connectivity index (χ1n) is 5.60. The van der Waals surface area contributed by atoms with Gasteiger partial charge in [-0.05, 0) is 18.7 Å². The van der Waals surface area contributed by atoms with Gasteiger partial charge in [-0.1, -0.05) is 36.0 Å². The van der Waals surface area contributed by atoms with Gasteiger partial charge >= 0.3 is 0 Å². The number of fused-ring (bicyclic) bond motifs is 1. The normalized spacial score (nSPS) is 11.0.